The summed E-state index contributed by atoms with van der Waals surface area (Å²) in [5.41, 5.74) is 2.50. The van der Waals surface area contributed by atoms with Crippen molar-refractivity contribution < 1.29 is 15.0 Å². The molecule has 0 radical (unpaired) electrons. The molecule has 0 saturated carbocycles. The number of allylic oxidation sites excluding steroid dienone is 4. The van der Waals surface area contributed by atoms with Crippen molar-refractivity contribution in [3.05, 3.63) is 34.9 Å². The van der Waals surface area contributed by atoms with Crippen molar-refractivity contribution in [2.75, 3.05) is 13.2 Å². The second kappa shape index (κ2) is 4.24. The third kappa shape index (κ3) is 1.90. The fourth-order valence-corrected chi connectivity index (χ4v) is 2.67. The molecule has 0 aromatic heterocycles. The Morgan fingerprint density at radius 1 is 1.35 bits per heavy atom. The summed E-state index contributed by atoms with van der Waals surface area (Å²) in [5, 5.41) is 19.0. The highest BCUT2D eigenvalue weighted by molar-refractivity contribution is 5.95. The molecule has 3 heteroatoms. The number of ketones is 1. The lowest BCUT2D eigenvalue weighted by molar-refractivity contribution is -0.114. The van der Waals surface area contributed by atoms with Crippen molar-refractivity contribution >= 4 is 5.78 Å². The first-order valence-corrected chi connectivity index (χ1v) is 5.88. The Kier molecular flexibility index (Phi) is 3.06. The summed E-state index contributed by atoms with van der Waals surface area (Å²) in [5.74, 6) is 0.0580. The van der Waals surface area contributed by atoms with Crippen LogP contribution in [-0.2, 0) is 4.79 Å². The maximum atomic E-state index is 11.5. The monoisotopic (exact) mass is 234 g/mol. The lowest BCUT2D eigenvalue weighted by atomic mass is 9.65. The number of rotatable bonds is 2. The fourth-order valence-electron chi connectivity index (χ4n) is 2.67. The number of fused-ring (bicyclic) bond motifs is 1. The van der Waals surface area contributed by atoms with E-state index in [-0.39, 0.29) is 30.3 Å². The average molecular weight is 234 g/mol. The molecule has 0 amide bonds. The van der Waals surface area contributed by atoms with E-state index in [9.17, 15) is 15.0 Å². The minimum atomic E-state index is -0.298. The van der Waals surface area contributed by atoms with Gasteiger partial charge in [-0.3, -0.25) is 4.79 Å². The standard InChI is InChI=1S/C14H18O3/c1-14(2)10(7-15)5-9-3-4-11(17)6-12(9)13(14)8-16/h3-5,10,15-16H,6-8H2,1-2H3. The third-order valence-electron chi connectivity index (χ3n) is 3.95. The van der Waals surface area contributed by atoms with Gasteiger partial charge in [0.2, 0.25) is 0 Å². The Morgan fingerprint density at radius 3 is 2.65 bits per heavy atom. The highest BCUT2D eigenvalue weighted by Gasteiger charge is 2.38. The van der Waals surface area contributed by atoms with Gasteiger partial charge in [0.15, 0.2) is 5.78 Å². The summed E-state index contributed by atoms with van der Waals surface area (Å²) in [6.07, 6.45) is 5.73. The van der Waals surface area contributed by atoms with Crippen LogP contribution in [0.1, 0.15) is 20.3 Å². The zero-order valence-electron chi connectivity index (χ0n) is 10.2. The minimum absolute atomic E-state index is 0.0127. The number of hydrogen-bond acceptors (Lipinski definition) is 3. The highest BCUT2D eigenvalue weighted by atomic mass is 16.3. The minimum Gasteiger partial charge on any atom is -0.396 e. The molecule has 92 valence electrons. The van der Waals surface area contributed by atoms with Crippen molar-refractivity contribution in [2.24, 2.45) is 11.3 Å². The maximum absolute atomic E-state index is 11.5. The van der Waals surface area contributed by atoms with Gasteiger partial charge in [0.25, 0.3) is 0 Å². The number of hydrogen-bond donors (Lipinski definition) is 2. The fraction of sp³-hybridized carbons (Fsp3) is 0.500. The molecule has 17 heavy (non-hydrogen) atoms. The Morgan fingerprint density at radius 2 is 2.06 bits per heavy atom. The molecular weight excluding hydrogens is 216 g/mol. The van der Waals surface area contributed by atoms with E-state index in [4.69, 9.17) is 0 Å². The van der Waals surface area contributed by atoms with E-state index in [2.05, 4.69) is 0 Å². The van der Waals surface area contributed by atoms with Crippen LogP contribution in [0.4, 0.5) is 0 Å². The molecule has 1 unspecified atom stereocenters. The third-order valence-corrected chi connectivity index (χ3v) is 3.95. The molecule has 0 aromatic carbocycles. The van der Waals surface area contributed by atoms with Gasteiger partial charge >= 0.3 is 0 Å². The number of aliphatic hydroxyl groups is 2. The van der Waals surface area contributed by atoms with E-state index < -0.39 is 0 Å². The topological polar surface area (TPSA) is 57.5 Å². The molecule has 1 atom stereocenters. The second-order valence-corrected chi connectivity index (χ2v) is 5.22. The van der Waals surface area contributed by atoms with Gasteiger partial charge in [-0.25, -0.2) is 0 Å². The lowest BCUT2D eigenvalue weighted by Gasteiger charge is -2.40. The summed E-state index contributed by atoms with van der Waals surface area (Å²) in [4.78, 5) is 11.5. The van der Waals surface area contributed by atoms with Gasteiger partial charge in [-0.05, 0) is 28.2 Å². The molecule has 2 aliphatic carbocycles. The van der Waals surface area contributed by atoms with Crippen LogP contribution < -0.4 is 0 Å². The van der Waals surface area contributed by atoms with E-state index in [1.165, 1.54) is 0 Å². The number of aliphatic hydroxyl groups excluding tert-OH is 2. The van der Waals surface area contributed by atoms with Gasteiger partial charge in [0.05, 0.1) is 13.2 Å². The normalized spacial score (nSPS) is 26.9. The van der Waals surface area contributed by atoms with Gasteiger partial charge in [-0.2, -0.15) is 0 Å². The van der Waals surface area contributed by atoms with Gasteiger partial charge < -0.3 is 10.2 Å². The smallest absolute Gasteiger partial charge is 0.160 e. The molecule has 2 rings (SSSR count). The number of carbonyl (C=O) groups excluding carboxylic acids is 1. The zero-order valence-corrected chi connectivity index (χ0v) is 10.2. The van der Waals surface area contributed by atoms with Crippen molar-refractivity contribution in [1.82, 2.24) is 0 Å². The van der Waals surface area contributed by atoms with Crippen LogP contribution in [0.25, 0.3) is 0 Å². The van der Waals surface area contributed by atoms with Crippen LogP contribution in [-0.4, -0.2) is 29.2 Å². The Hall–Kier alpha value is -1.19. The van der Waals surface area contributed by atoms with Crippen LogP contribution in [0.3, 0.4) is 0 Å². The summed E-state index contributed by atoms with van der Waals surface area (Å²) in [6, 6.07) is 0. The zero-order chi connectivity index (χ0) is 12.6. The van der Waals surface area contributed by atoms with E-state index in [0.717, 1.165) is 16.7 Å². The van der Waals surface area contributed by atoms with Gasteiger partial charge in [-0.15, -0.1) is 0 Å². The molecule has 0 heterocycles. The largest absolute Gasteiger partial charge is 0.396 e. The molecule has 0 fully saturated rings. The Labute approximate surface area is 101 Å². The van der Waals surface area contributed by atoms with Crippen LogP contribution in [0, 0.1) is 11.3 Å². The van der Waals surface area contributed by atoms with Crippen LogP contribution in [0.15, 0.2) is 34.9 Å². The van der Waals surface area contributed by atoms with Crippen LogP contribution >= 0.6 is 0 Å². The lowest BCUT2D eigenvalue weighted by Crippen LogP contribution is -2.34. The Bertz CT molecular complexity index is 438. The van der Waals surface area contributed by atoms with Crippen molar-refractivity contribution in [1.29, 1.82) is 0 Å². The number of carbonyl (C=O) groups is 1. The van der Waals surface area contributed by atoms with Crippen molar-refractivity contribution in [3.8, 4) is 0 Å². The van der Waals surface area contributed by atoms with E-state index in [0.29, 0.717) is 6.42 Å². The van der Waals surface area contributed by atoms with Crippen molar-refractivity contribution in [2.45, 2.75) is 20.3 Å². The van der Waals surface area contributed by atoms with Crippen LogP contribution in [0.5, 0.6) is 0 Å². The first-order valence-electron chi connectivity index (χ1n) is 5.88. The molecule has 2 N–H and O–H groups in total. The molecule has 2 aliphatic rings. The molecule has 0 saturated heterocycles. The van der Waals surface area contributed by atoms with Gasteiger partial charge in [0, 0.05) is 12.3 Å². The highest BCUT2D eigenvalue weighted by Crippen LogP contribution is 2.45. The predicted molar refractivity (Wildman–Crippen MR) is 65.3 cm³/mol. The van der Waals surface area contributed by atoms with E-state index in [1.54, 1.807) is 12.2 Å². The summed E-state index contributed by atoms with van der Waals surface area (Å²) >= 11 is 0. The molecule has 0 bridgehead atoms. The summed E-state index contributed by atoms with van der Waals surface area (Å²) in [7, 11) is 0. The molecule has 0 aromatic rings. The quantitative estimate of drug-likeness (QED) is 0.759. The first-order chi connectivity index (χ1) is 8.00. The molecule has 0 spiro atoms. The van der Waals surface area contributed by atoms with Crippen LogP contribution in [0.2, 0.25) is 0 Å². The summed E-state index contributed by atoms with van der Waals surface area (Å²) < 4.78 is 0. The SMILES string of the molecule is CC1(C)C(CO)=C2CC(=O)C=CC2=CC1CO. The maximum Gasteiger partial charge on any atom is 0.160 e. The van der Waals surface area contributed by atoms with E-state index >= 15 is 0 Å². The second-order valence-electron chi connectivity index (χ2n) is 5.22. The Balaban J connectivity index is 2.56. The van der Waals surface area contributed by atoms with Crippen molar-refractivity contribution in [3.63, 3.8) is 0 Å². The summed E-state index contributed by atoms with van der Waals surface area (Å²) in [6.45, 7) is 4.00. The van der Waals surface area contributed by atoms with E-state index in [1.807, 2.05) is 19.9 Å². The molecular formula is C14H18O3. The predicted octanol–water partition coefficient (Wildman–Crippen LogP) is 1.38. The van der Waals surface area contributed by atoms with Gasteiger partial charge in [0.1, 0.15) is 0 Å². The first kappa shape index (κ1) is 12.3. The molecule has 0 aliphatic heterocycles. The molecule has 3 nitrogen and oxygen atoms in total. The average Bonchev–Trinajstić information content (AvgIpc) is 2.27. The van der Waals surface area contributed by atoms with Gasteiger partial charge in [-0.1, -0.05) is 26.0 Å².